The van der Waals surface area contributed by atoms with E-state index in [1.54, 1.807) is 12.1 Å². The van der Waals surface area contributed by atoms with Crippen molar-refractivity contribution in [1.29, 1.82) is 0 Å². The van der Waals surface area contributed by atoms with Crippen LogP contribution in [0.3, 0.4) is 0 Å². The van der Waals surface area contributed by atoms with Crippen LogP contribution in [0.1, 0.15) is 11.1 Å². The van der Waals surface area contributed by atoms with Crippen molar-refractivity contribution in [3.05, 3.63) is 76.2 Å². The molecule has 1 aliphatic rings. The summed E-state index contributed by atoms with van der Waals surface area (Å²) in [4.78, 5) is 17.3. The predicted octanol–water partition coefficient (Wildman–Crippen LogP) is 5.10. The van der Waals surface area contributed by atoms with Gasteiger partial charge in [0.05, 0.1) is 10.6 Å². The lowest BCUT2D eigenvalue weighted by atomic mass is 10.2. The number of hydrogen-bond acceptors (Lipinski definition) is 4. The molecule has 4 nitrogen and oxygen atoms in total. The molecule has 0 aromatic heterocycles. The molecule has 1 fully saturated rings. The lowest BCUT2D eigenvalue weighted by Crippen LogP contribution is -2.19. The number of carbonyl (C=O) groups is 1. The number of nitrogens with one attached hydrogen (secondary N) is 1. The third-order valence-electron chi connectivity index (χ3n) is 3.59. The summed E-state index contributed by atoms with van der Waals surface area (Å²) in [7, 11) is 0. The molecule has 1 aliphatic heterocycles. The average Bonchev–Trinajstić information content (AvgIpc) is 2.96. The molecule has 132 valence electrons. The van der Waals surface area contributed by atoms with E-state index in [0.29, 0.717) is 21.7 Å². The summed E-state index contributed by atoms with van der Waals surface area (Å²) in [6.45, 7) is 6.03. The molecule has 0 saturated carbocycles. The summed E-state index contributed by atoms with van der Waals surface area (Å²) in [5.41, 5.74) is 2.64. The van der Waals surface area contributed by atoms with Crippen molar-refractivity contribution < 1.29 is 9.53 Å². The van der Waals surface area contributed by atoms with Gasteiger partial charge in [-0.25, -0.2) is 4.99 Å². The molecule has 0 unspecified atom stereocenters. The summed E-state index contributed by atoms with van der Waals surface area (Å²) in [6.07, 6.45) is 3.52. The maximum Gasteiger partial charge on any atom is 0.264 e. The van der Waals surface area contributed by atoms with Crippen molar-refractivity contribution in [2.24, 2.45) is 4.99 Å². The van der Waals surface area contributed by atoms with Gasteiger partial charge in [-0.2, -0.15) is 0 Å². The standard InChI is InChI=1S/C20H17ClN2O2S/c1-3-10-25-16-8-5-14(6-9-16)11-18-19(24)23-20(26-18)22-17-12-15(21)7-4-13(17)2/h3-9,11-12H,1,10H2,2H3,(H,22,23,24)/b18-11-. The first-order chi connectivity index (χ1) is 12.5. The van der Waals surface area contributed by atoms with Crippen molar-refractivity contribution in [3.63, 3.8) is 0 Å². The van der Waals surface area contributed by atoms with E-state index in [4.69, 9.17) is 16.3 Å². The maximum atomic E-state index is 12.2. The molecule has 0 radical (unpaired) electrons. The smallest absolute Gasteiger partial charge is 0.264 e. The minimum Gasteiger partial charge on any atom is -0.490 e. The van der Waals surface area contributed by atoms with E-state index in [2.05, 4.69) is 16.9 Å². The fourth-order valence-electron chi connectivity index (χ4n) is 2.26. The van der Waals surface area contributed by atoms with Gasteiger partial charge in [-0.1, -0.05) is 42.5 Å². The van der Waals surface area contributed by atoms with Crippen molar-refractivity contribution in [2.45, 2.75) is 6.92 Å². The second-order valence-electron chi connectivity index (χ2n) is 5.58. The second kappa shape index (κ2) is 8.25. The summed E-state index contributed by atoms with van der Waals surface area (Å²) in [5, 5.41) is 3.93. The highest BCUT2D eigenvalue weighted by molar-refractivity contribution is 8.18. The number of benzene rings is 2. The van der Waals surface area contributed by atoms with Gasteiger partial charge in [-0.15, -0.1) is 0 Å². The number of amides is 1. The number of ether oxygens (including phenoxy) is 1. The largest absolute Gasteiger partial charge is 0.490 e. The second-order valence-corrected chi connectivity index (χ2v) is 7.05. The predicted molar refractivity (Wildman–Crippen MR) is 109 cm³/mol. The number of aliphatic imine (C=N–C) groups is 1. The highest BCUT2D eigenvalue weighted by Crippen LogP contribution is 2.30. The van der Waals surface area contributed by atoms with E-state index >= 15 is 0 Å². The van der Waals surface area contributed by atoms with Gasteiger partial charge < -0.3 is 10.1 Å². The Hall–Kier alpha value is -2.50. The number of thioether (sulfide) groups is 1. The van der Waals surface area contributed by atoms with Crippen LogP contribution in [0.15, 0.2) is 65.0 Å². The Morgan fingerprint density at radius 2 is 2.04 bits per heavy atom. The van der Waals surface area contributed by atoms with Gasteiger partial charge in [0.1, 0.15) is 12.4 Å². The topological polar surface area (TPSA) is 50.7 Å². The molecule has 0 aliphatic carbocycles. The monoisotopic (exact) mass is 384 g/mol. The van der Waals surface area contributed by atoms with Gasteiger partial charge in [0.15, 0.2) is 5.17 Å². The zero-order valence-electron chi connectivity index (χ0n) is 14.2. The van der Waals surface area contributed by atoms with E-state index in [-0.39, 0.29) is 5.91 Å². The van der Waals surface area contributed by atoms with Crippen molar-refractivity contribution in [2.75, 3.05) is 6.61 Å². The van der Waals surface area contributed by atoms with Crippen LogP contribution < -0.4 is 10.1 Å². The Balaban J connectivity index is 1.77. The SMILES string of the molecule is C=CCOc1ccc(/C=C2\SC(=Nc3cc(Cl)ccc3C)NC2=O)cc1. The number of hydrogen-bond donors (Lipinski definition) is 1. The molecule has 6 heteroatoms. The van der Waals surface area contributed by atoms with Gasteiger partial charge in [0.25, 0.3) is 5.91 Å². The molecule has 1 amide bonds. The number of amidine groups is 1. The van der Waals surface area contributed by atoms with Crippen LogP contribution in [0.5, 0.6) is 5.75 Å². The third kappa shape index (κ3) is 4.56. The average molecular weight is 385 g/mol. The van der Waals surface area contributed by atoms with Crippen LogP contribution in [0.2, 0.25) is 5.02 Å². The van der Waals surface area contributed by atoms with E-state index in [9.17, 15) is 4.79 Å². The molecule has 1 saturated heterocycles. The van der Waals surface area contributed by atoms with E-state index in [1.807, 2.05) is 49.4 Å². The minimum atomic E-state index is -0.166. The van der Waals surface area contributed by atoms with Gasteiger partial charge in [-0.3, -0.25) is 4.79 Å². The number of carbonyl (C=O) groups excluding carboxylic acids is 1. The summed E-state index contributed by atoms with van der Waals surface area (Å²) in [6, 6.07) is 13.0. The van der Waals surface area contributed by atoms with Gasteiger partial charge in [-0.05, 0) is 60.2 Å². The van der Waals surface area contributed by atoms with Crippen LogP contribution in [0, 0.1) is 6.92 Å². The lowest BCUT2D eigenvalue weighted by Gasteiger charge is -2.03. The third-order valence-corrected chi connectivity index (χ3v) is 4.73. The normalized spacial score (nSPS) is 16.8. The zero-order chi connectivity index (χ0) is 18.5. The van der Waals surface area contributed by atoms with Gasteiger partial charge in [0, 0.05) is 5.02 Å². The van der Waals surface area contributed by atoms with E-state index < -0.39 is 0 Å². The summed E-state index contributed by atoms with van der Waals surface area (Å²) < 4.78 is 5.45. The molecule has 1 N–H and O–H groups in total. The lowest BCUT2D eigenvalue weighted by molar-refractivity contribution is -0.115. The van der Waals surface area contributed by atoms with Crippen molar-refractivity contribution >= 4 is 46.2 Å². The maximum absolute atomic E-state index is 12.2. The van der Waals surface area contributed by atoms with Crippen LogP contribution in [-0.2, 0) is 4.79 Å². The molecule has 2 aromatic rings. The first kappa shape index (κ1) is 18.3. The highest BCUT2D eigenvalue weighted by Gasteiger charge is 2.24. The Labute approximate surface area is 161 Å². The van der Waals surface area contributed by atoms with Crippen molar-refractivity contribution in [3.8, 4) is 5.75 Å². The molecular weight excluding hydrogens is 368 g/mol. The number of halogens is 1. The van der Waals surface area contributed by atoms with E-state index in [1.165, 1.54) is 11.8 Å². The Morgan fingerprint density at radius 1 is 1.27 bits per heavy atom. The fourth-order valence-corrected chi connectivity index (χ4v) is 3.26. The number of aryl methyl sites for hydroxylation is 1. The zero-order valence-corrected chi connectivity index (χ0v) is 15.7. The molecule has 3 rings (SSSR count). The summed E-state index contributed by atoms with van der Waals surface area (Å²) >= 11 is 7.32. The minimum absolute atomic E-state index is 0.166. The molecule has 2 aromatic carbocycles. The van der Waals surface area contributed by atoms with Gasteiger partial charge in [0.2, 0.25) is 0 Å². The molecule has 0 spiro atoms. The first-order valence-electron chi connectivity index (χ1n) is 7.94. The van der Waals surface area contributed by atoms with Gasteiger partial charge >= 0.3 is 0 Å². The molecule has 26 heavy (non-hydrogen) atoms. The Bertz CT molecular complexity index is 905. The highest BCUT2D eigenvalue weighted by atomic mass is 35.5. The fraction of sp³-hybridized carbons (Fsp3) is 0.100. The molecule has 1 heterocycles. The Morgan fingerprint density at radius 3 is 2.77 bits per heavy atom. The molecular formula is C20H17ClN2O2S. The number of rotatable bonds is 5. The Kier molecular flexibility index (Phi) is 5.81. The van der Waals surface area contributed by atoms with Crippen LogP contribution in [0.25, 0.3) is 6.08 Å². The van der Waals surface area contributed by atoms with E-state index in [0.717, 1.165) is 22.6 Å². The first-order valence-corrected chi connectivity index (χ1v) is 9.14. The van der Waals surface area contributed by atoms with Crippen LogP contribution in [0.4, 0.5) is 5.69 Å². The van der Waals surface area contributed by atoms with Crippen LogP contribution >= 0.6 is 23.4 Å². The molecule has 0 bridgehead atoms. The quantitative estimate of drug-likeness (QED) is 0.576. The number of nitrogens with zero attached hydrogens (tertiary/aromatic N) is 1. The summed E-state index contributed by atoms with van der Waals surface area (Å²) in [5.74, 6) is 0.592. The molecule has 0 atom stereocenters. The van der Waals surface area contributed by atoms with Crippen molar-refractivity contribution in [1.82, 2.24) is 5.32 Å². The van der Waals surface area contributed by atoms with Crippen LogP contribution in [-0.4, -0.2) is 17.7 Å².